The van der Waals surface area contributed by atoms with Crippen LogP contribution < -0.4 is 10.6 Å². The highest BCUT2D eigenvalue weighted by Crippen LogP contribution is 2.30. The molecule has 1 heterocycles. The van der Waals surface area contributed by atoms with E-state index < -0.39 is 0 Å². The minimum Gasteiger partial charge on any atom is -0.394 e. The highest BCUT2D eigenvalue weighted by molar-refractivity contribution is 9.10. The molecule has 0 radical (unpaired) electrons. The predicted molar refractivity (Wildman–Crippen MR) is 72.6 cm³/mol. The van der Waals surface area contributed by atoms with Crippen molar-refractivity contribution in [2.75, 3.05) is 18.1 Å². The van der Waals surface area contributed by atoms with Crippen molar-refractivity contribution in [2.24, 2.45) is 5.73 Å². The van der Waals surface area contributed by atoms with Crippen LogP contribution in [-0.4, -0.2) is 30.1 Å². The van der Waals surface area contributed by atoms with Gasteiger partial charge < -0.3 is 15.7 Å². The summed E-state index contributed by atoms with van der Waals surface area (Å²) < 4.78 is 0.909. The Bertz CT molecular complexity index is 436. The van der Waals surface area contributed by atoms with E-state index >= 15 is 0 Å². The molecule has 1 atom stereocenters. The van der Waals surface area contributed by atoms with Crippen molar-refractivity contribution >= 4 is 27.5 Å². The molecule has 0 aliphatic carbocycles. The maximum absolute atomic E-state index is 9.35. The lowest BCUT2D eigenvalue weighted by molar-refractivity contribution is 0.266. The zero-order valence-corrected chi connectivity index (χ0v) is 11.1. The predicted octanol–water partition coefficient (Wildman–Crippen LogP) is 1.69. The Morgan fingerprint density at radius 2 is 2.35 bits per heavy atom. The van der Waals surface area contributed by atoms with E-state index in [0.29, 0.717) is 0 Å². The molecule has 2 rings (SSSR count). The molecule has 0 bridgehead atoms. The number of nitrogens with one attached hydrogen (secondary N) is 1. The fourth-order valence-electron chi connectivity index (χ4n) is 2.32. The number of benzene rings is 1. The molecule has 1 aliphatic heterocycles. The van der Waals surface area contributed by atoms with E-state index in [1.165, 1.54) is 0 Å². The van der Waals surface area contributed by atoms with Gasteiger partial charge in [-0.25, -0.2) is 0 Å². The summed E-state index contributed by atoms with van der Waals surface area (Å²) in [5.74, 6) is 0.0601. The van der Waals surface area contributed by atoms with E-state index in [0.717, 1.165) is 35.1 Å². The second-order valence-electron chi connectivity index (χ2n) is 4.25. The standard InChI is InChI=1S/C12H16BrN3O/c13-8-3-4-11(10(6-8)12(14)15)16-5-1-2-9(16)7-17/h3-4,6,9,17H,1-2,5,7H2,(H3,14,15). The third-order valence-electron chi connectivity index (χ3n) is 3.15. The van der Waals surface area contributed by atoms with E-state index in [2.05, 4.69) is 20.8 Å². The van der Waals surface area contributed by atoms with Gasteiger partial charge in [0.25, 0.3) is 0 Å². The Labute approximate surface area is 109 Å². The van der Waals surface area contributed by atoms with Crippen LogP contribution in [0.4, 0.5) is 5.69 Å². The van der Waals surface area contributed by atoms with Crippen LogP contribution in [0.15, 0.2) is 22.7 Å². The van der Waals surface area contributed by atoms with E-state index in [1.807, 2.05) is 18.2 Å². The van der Waals surface area contributed by atoms with Crippen molar-refractivity contribution in [3.05, 3.63) is 28.2 Å². The number of nitrogen functional groups attached to an aromatic ring is 1. The molecule has 1 unspecified atom stereocenters. The lowest BCUT2D eigenvalue weighted by Crippen LogP contribution is -2.33. The van der Waals surface area contributed by atoms with Gasteiger partial charge in [-0.1, -0.05) is 15.9 Å². The van der Waals surface area contributed by atoms with Crippen LogP contribution in [0.25, 0.3) is 0 Å². The fraction of sp³-hybridized carbons (Fsp3) is 0.417. The Kier molecular flexibility index (Phi) is 3.69. The number of nitrogens with two attached hydrogens (primary N) is 1. The monoisotopic (exact) mass is 297 g/mol. The summed E-state index contributed by atoms with van der Waals surface area (Å²) in [6.45, 7) is 1.06. The van der Waals surface area contributed by atoms with E-state index in [1.54, 1.807) is 0 Å². The van der Waals surface area contributed by atoms with Crippen LogP contribution in [-0.2, 0) is 0 Å². The Morgan fingerprint density at radius 3 is 3.00 bits per heavy atom. The van der Waals surface area contributed by atoms with Gasteiger partial charge in [-0.15, -0.1) is 0 Å². The molecule has 92 valence electrons. The first-order chi connectivity index (χ1) is 8.13. The lowest BCUT2D eigenvalue weighted by Gasteiger charge is -2.27. The minimum atomic E-state index is 0.0601. The van der Waals surface area contributed by atoms with Gasteiger partial charge in [0.15, 0.2) is 0 Å². The van der Waals surface area contributed by atoms with Gasteiger partial charge in [-0.05, 0) is 31.0 Å². The van der Waals surface area contributed by atoms with Gasteiger partial charge >= 0.3 is 0 Å². The number of rotatable bonds is 3. The number of amidine groups is 1. The molecule has 0 spiro atoms. The van der Waals surface area contributed by atoms with Gasteiger partial charge in [-0.2, -0.15) is 0 Å². The molecule has 5 heteroatoms. The van der Waals surface area contributed by atoms with Crippen LogP contribution in [0.5, 0.6) is 0 Å². The summed E-state index contributed by atoms with van der Waals surface area (Å²) in [5, 5.41) is 17.0. The summed E-state index contributed by atoms with van der Waals surface area (Å²) >= 11 is 3.39. The molecule has 0 saturated carbocycles. The summed E-state index contributed by atoms with van der Waals surface area (Å²) in [4.78, 5) is 2.14. The number of anilines is 1. The average Bonchev–Trinajstić information content (AvgIpc) is 2.76. The molecular formula is C12H16BrN3O. The van der Waals surface area contributed by atoms with Crippen LogP contribution in [0.2, 0.25) is 0 Å². The topological polar surface area (TPSA) is 73.3 Å². The van der Waals surface area contributed by atoms with E-state index in [4.69, 9.17) is 11.1 Å². The molecule has 4 N–H and O–H groups in total. The van der Waals surface area contributed by atoms with Gasteiger partial charge in [0, 0.05) is 22.3 Å². The molecular weight excluding hydrogens is 282 g/mol. The maximum atomic E-state index is 9.35. The van der Waals surface area contributed by atoms with Crippen LogP contribution >= 0.6 is 15.9 Å². The highest BCUT2D eigenvalue weighted by Gasteiger charge is 2.26. The second-order valence-corrected chi connectivity index (χ2v) is 5.16. The largest absolute Gasteiger partial charge is 0.394 e. The van der Waals surface area contributed by atoms with Gasteiger partial charge in [0.1, 0.15) is 5.84 Å². The van der Waals surface area contributed by atoms with Crippen LogP contribution in [0.3, 0.4) is 0 Å². The molecule has 0 amide bonds. The lowest BCUT2D eigenvalue weighted by atomic mass is 10.1. The molecule has 1 fully saturated rings. The van der Waals surface area contributed by atoms with Gasteiger partial charge in [0.05, 0.1) is 12.6 Å². The van der Waals surface area contributed by atoms with Crippen molar-refractivity contribution in [3.8, 4) is 0 Å². The third kappa shape index (κ3) is 2.45. The average molecular weight is 298 g/mol. The minimum absolute atomic E-state index is 0.0601. The van der Waals surface area contributed by atoms with Gasteiger partial charge in [-0.3, -0.25) is 5.41 Å². The molecule has 0 aromatic heterocycles. The Hall–Kier alpha value is -1.07. The second kappa shape index (κ2) is 5.06. The summed E-state index contributed by atoms with van der Waals surface area (Å²) in [6, 6.07) is 5.89. The molecule has 1 aliphatic rings. The third-order valence-corrected chi connectivity index (χ3v) is 3.64. The normalized spacial score (nSPS) is 19.6. The molecule has 17 heavy (non-hydrogen) atoms. The first-order valence-electron chi connectivity index (χ1n) is 5.65. The summed E-state index contributed by atoms with van der Waals surface area (Å²) in [6.07, 6.45) is 2.06. The van der Waals surface area contributed by atoms with Crippen molar-refractivity contribution in [1.82, 2.24) is 0 Å². The molecule has 1 saturated heterocycles. The van der Waals surface area contributed by atoms with Crippen LogP contribution in [0, 0.1) is 5.41 Å². The molecule has 1 aromatic rings. The van der Waals surface area contributed by atoms with Crippen molar-refractivity contribution in [2.45, 2.75) is 18.9 Å². The smallest absolute Gasteiger partial charge is 0.124 e. The number of nitrogens with zero attached hydrogens (tertiary/aromatic N) is 1. The summed E-state index contributed by atoms with van der Waals surface area (Å²) in [5.41, 5.74) is 7.28. The fourth-order valence-corrected chi connectivity index (χ4v) is 2.68. The number of aliphatic hydroxyl groups excluding tert-OH is 1. The number of hydrogen-bond acceptors (Lipinski definition) is 3. The van der Waals surface area contributed by atoms with Crippen molar-refractivity contribution in [1.29, 1.82) is 5.41 Å². The van der Waals surface area contributed by atoms with Crippen molar-refractivity contribution < 1.29 is 5.11 Å². The Balaban J connectivity index is 2.40. The van der Waals surface area contributed by atoms with Gasteiger partial charge in [0.2, 0.25) is 0 Å². The van der Waals surface area contributed by atoms with E-state index in [-0.39, 0.29) is 18.5 Å². The Morgan fingerprint density at radius 1 is 1.59 bits per heavy atom. The van der Waals surface area contributed by atoms with Crippen molar-refractivity contribution in [3.63, 3.8) is 0 Å². The molecule has 4 nitrogen and oxygen atoms in total. The number of halogens is 1. The number of hydrogen-bond donors (Lipinski definition) is 3. The zero-order valence-electron chi connectivity index (χ0n) is 9.49. The van der Waals surface area contributed by atoms with E-state index in [9.17, 15) is 5.11 Å². The SMILES string of the molecule is N=C(N)c1cc(Br)ccc1N1CCCC1CO. The highest BCUT2D eigenvalue weighted by atomic mass is 79.9. The maximum Gasteiger partial charge on any atom is 0.124 e. The van der Waals surface area contributed by atoms with Crippen LogP contribution in [0.1, 0.15) is 18.4 Å². The number of aliphatic hydroxyl groups is 1. The first kappa shape index (κ1) is 12.4. The summed E-state index contributed by atoms with van der Waals surface area (Å²) in [7, 11) is 0. The quantitative estimate of drug-likeness (QED) is 0.587. The first-order valence-corrected chi connectivity index (χ1v) is 6.44. The zero-order chi connectivity index (χ0) is 12.4. The molecule has 1 aromatic carbocycles.